The number of nitrogens with two attached hydrogens (primary N) is 1. The van der Waals surface area contributed by atoms with E-state index in [-0.39, 0.29) is 11.3 Å². The minimum Gasteiger partial charge on any atom is -0.337 e. The smallest absolute Gasteiger partial charge is 0.272 e. The normalized spacial score (nSPS) is 18.4. The molecule has 2 heterocycles. The Morgan fingerprint density at radius 2 is 2.29 bits per heavy atom. The Bertz CT molecular complexity index is 411. The molecule has 4 heteroatoms. The molecule has 0 aliphatic carbocycles. The third kappa shape index (κ3) is 2.64. The van der Waals surface area contributed by atoms with Crippen LogP contribution in [0.4, 0.5) is 0 Å². The highest BCUT2D eigenvalue weighted by Crippen LogP contribution is 2.29. The molecular weight excluding hydrogens is 214 g/mol. The van der Waals surface area contributed by atoms with Crippen molar-refractivity contribution in [3.63, 3.8) is 0 Å². The van der Waals surface area contributed by atoms with Crippen molar-refractivity contribution in [3.8, 4) is 0 Å². The maximum atomic E-state index is 12.2. The Balaban J connectivity index is 2.09. The lowest BCUT2D eigenvalue weighted by Gasteiger charge is -2.19. The molecule has 1 aliphatic rings. The van der Waals surface area contributed by atoms with Crippen molar-refractivity contribution in [2.24, 2.45) is 11.1 Å². The number of aromatic nitrogens is 1. The zero-order valence-corrected chi connectivity index (χ0v) is 10.4. The van der Waals surface area contributed by atoms with Crippen molar-refractivity contribution >= 4 is 5.91 Å². The van der Waals surface area contributed by atoms with E-state index in [2.05, 4.69) is 18.8 Å². The lowest BCUT2D eigenvalue weighted by Crippen LogP contribution is -2.30. The molecule has 0 atom stereocenters. The van der Waals surface area contributed by atoms with Crippen LogP contribution in [0.25, 0.3) is 0 Å². The van der Waals surface area contributed by atoms with Gasteiger partial charge < -0.3 is 10.6 Å². The van der Waals surface area contributed by atoms with Crippen LogP contribution in [0.15, 0.2) is 18.3 Å². The second-order valence-electron chi connectivity index (χ2n) is 5.40. The van der Waals surface area contributed by atoms with Crippen LogP contribution in [0.1, 0.15) is 36.3 Å². The summed E-state index contributed by atoms with van der Waals surface area (Å²) in [6, 6.07) is 3.62. The second kappa shape index (κ2) is 4.45. The zero-order chi connectivity index (χ0) is 12.5. The number of hydrogen-bond donors (Lipinski definition) is 1. The molecule has 0 aromatic carbocycles. The van der Waals surface area contributed by atoms with E-state index in [0.29, 0.717) is 12.2 Å². The topological polar surface area (TPSA) is 59.2 Å². The predicted molar refractivity (Wildman–Crippen MR) is 66.4 cm³/mol. The van der Waals surface area contributed by atoms with Crippen LogP contribution in [0, 0.1) is 5.41 Å². The summed E-state index contributed by atoms with van der Waals surface area (Å²) in [5.41, 5.74) is 7.19. The van der Waals surface area contributed by atoms with Crippen LogP contribution in [-0.4, -0.2) is 28.9 Å². The Morgan fingerprint density at radius 3 is 2.76 bits per heavy atom. The van der Waals surface area contributed by atoms with Gasteiger partial charge in [-0.05, 0) is 23.5 Å². The first-order valence-electron chi connectivity index (χ1n) is 5.96. The summed E-state index contributed by atoms with van der Waals surface area (Å²) in [6.45, 7) is 6.47. The minimum atomic E-state index is 0.0270. The number of carbonyl (C=O) groups is 1. The number of amides is 1. The second-order valence-corrected chi connectivity index (χ2v) is 5.40. The first-order valence-corrected chi connectivity index (χ1v) is 5.96. The molecule has 0 spiro atoms. The van der Waals surface area contributed by atoms with Crippen LogP contribution in [0.2, 0.25) is 0 Å². The van der Waals surface area contributed by atoms with Crippen molar-refractivity contribution in [3.05, 3.63) is 29.6 Å². The van der Waals surface area contributed by atoms with E-state index in [4.69, 9.17) is 5.73 Å². The molecule has 0 bridgehead atoms. The number of nitrogens with zero attached hydrogens (tertiary/aromatic N) is 2. The molecule has 17 heavy (non-hydrogen) atoms. The maximum absolute atomic E-state index is 12.2. The molecule has 4 nitrogen and oxygen atoms in total. The highest BCUT2D eigenvalue weighted by Gasteiger charge is 2.32. The number of pyridine rings is 1. The van der Waals surface area contributed by atoms with Gasteiger partial charge in [0.25, 0.3) is 5.91 Å². The van der Waals surface area contributed by atoms with Gasteiger partial charge in [0.2, 0.25) is 0 Å². The highest BCUT2D eigenvalue weighted by molar-refractivity contribution is 5.92. The van der Waals surface area contributed by atoms with Crippen LogP contribution in [0.5, 0.6) is 0 Å². The molecule has 0 saturated carbocycles. The SMILES string of the molecule is CC1(C)CCN(C(=O)c2ccc(CN)cn2)C1. The van der Waals surface area contributed by atoms with Crippen LogP contribution in [0.3, 0.4) is 0 Å². The van der Waals surface area contributed by atoms with Gasteiger partial charge in [0.05, 0.1) is 0 Å². The fraction of sp³-hybridized carbons (Fsp3) is 0.538. The molecule has 1 saturated heterocycles. The average Bonchev–Trinajstić information content (AvgIpc) is 2.69. The first-order chi connectivity index (χ1) is 8.02. The molecule has 92 valence electrons. The van der Waals surface area contributed by atoms with E-state index < -0.39 is 0 Å². The third-order valence-electron chi connectivity index (χ3n) is 3.24. The molecule has 1 aromatic heterocycles. The average molecular weight is 233 g/mol. The van der Waals surface area contributed by atoms with Crippen LogP contribution in [-0.2, 0) is 6.54 Å². The van der Waals surface area contributed by atoms with E-state index in [1.54, 1.807) is 12.3 Å². The van der Waals surface area contributed by atoms with Crippen molar-refractivity contribution in [1.29, 1.82) is 0 Å². The van der Waals surface area contributed by atoms with Gasteiger partial charge in [-0.2, -0.15) is 0 Å². The molecule has 0 unspecified atom stereocenters. The number of rotatable bonds is 2. The first kappa shape index (κ1) is 12.0. The summed E-state index contributed by atoms with van der Waals surface area (Å²) in [5.74, 6) is 0.0270. The Kier molecular flexibility index (Phi) is 3.15. The fourth-order valence-electron chi connectivity index (χ4n) is 2.12. The summed E-state index contributed by atoms with van der Waals surface area (Å²) in [5, 5.41) is 0. The number of hydrogen-bond acceptors (Lipinski definition) is 3. The summed E-state index contributed by atoms with van der Waals surface area (Å²) < 4.78 is 0. The molecule has 1 amide bonds. The predicted octanol–water partition coefficient (Wildman–Crippen LogP) is 1.41. The van der Waals surface area contributed by atoms with Crippen molar-refractivity contribution in [2.75, 3.05) is 13.1 Å². The molecule has 2 N–H and O–H groups in total. The summed E-state index contributed by atoms with van der Waals surface area (Å²) in [6.07, 6.45) is 2.73. The minimum absolute atomic E-state index is 0.0270. The van der Waals surface area contributed by atoms with E-state index in [1.165, 1.54) is 0 Å². The zero-order valence-electron chi connectivity index (χ0n) is 10.4. The standard InChI is InChI=1S/C13H19N3O/c1-13(2)5-6-16(9-13)12(17)11-4-3-10(7-14)8-15-11/h3-4,8H,5-7,9,14H2,1-2H3. The molecule has 1 fully saturated rings. The van der Waals surface area contributed by atoms with Gasteiger partial charge in [-0.25, -0.2) is 0 Å². The summed E-state index contributed by atoms with van der Waals surface area (Å²) in [7, 11) is 0. The molecule has 0 radical (unpaired) electrons. The van der Waals surface area contributed by atoms with Gasteiger partial charge in [0.15, 0.2) is 0 Å². The summed E-state index contributed by atoms with van der Waals surface area (Å²) >= 11 is 0. The van der Waals surface area contributed by atoms with E-state index in [9.17, 15) is 4.79 Å². The van der Waals surface area contributed by atoms with E-state index >= 15 is 0 Å². The van der Waals surface area contributed by atoms with E-state index in [0.717, 1.165) is 25.1 Å². The Labute approximate surface area is 102 Å². The summed E-state index contributed by atoms with van der Waals surface area (Å²) in [4.78, 5) is 18.2. The maximum Gasteiger partial charge on any atom is 0.272 e. The van der Waals surface area contributed by atoms with Gasteiger partial charge in [-0.1, -0.05) is 19.9 Å². The Morgan fingerprint density at radius 1 is 1.53 bits per heavy atom. The number of likely N-dealkylation sites (tertiary alicyclic amines) is 1. The van der Waals surface area contributed by atoms with Gasteiger partial charge in [-0.15, -0.1) is 0 Å². The third-order valence-corrected chi connectivity index (χ3v) is 3.24. The fourth-order valence-corrected chi connectivity index (χ4v) is 2.12. The molecular formula is C13H19N3O. The number of carbonyl (C=O) groups excluding carboxylic acids is 1. The van der Waals surface area contributed by atoms with E-state index in [1.807, 2.05) is 11.0 Å². The lowest BCUT2D eigenvalue weighted by atomic mass is 9.93. The van der Waals surface area contributed by atoms with Gasteiger partial charge in [0.1, 0.15) is 5.69 Å². The molecule has 1 aliphatic heterocycles. The van der Waals surface area contributed by atoms with Gasteiger partial charge >= 0.3 is 0 Å². The lowest BCUT2D eigenvalue weighted by molar-refractivity contribution is 0.0772. The van der Waals surface area contributed by atoms with Crippen molar-refractivity contribution in [2.45, 2.75) is 26.8 Å². The molecule has 1 aromatic rings. The largest absolute Gasteiger partial charge is 0.337 e. The Hall–Kier alpha value is -1.42. The van der Waals surface area contributed by atoms with Crippen molar-refractivity contribution in [1.82, 2.24) is 9.88 Å². The van der Waals surface area contributed by atoms with Crippen LogP contribution >= 0.6 is 0 Å². The quantitative estimate of drug-likeness (QED) is 0.840. The monoisotopic (exact) mass is 233 g/mol. The van der Waals surface area contributed by atoms with Crippen LogP contribution < -0.4 is 5.73 Å². The highest BCUT2D eigenvalue weighted by atomic mass is 16.2. The van der Waals surface area contributed by atoms with Crippen molar-refractivity contribution < 1.29 is 4.79 Å². The molecule has 2 rings (SSSR count). The van der Waals surface area contributed by atoms with Gasteiger partial charge in [0, 0.05) is 25.8 Å². The van der Waals surface area contributed by atoms with Gasteiger partial charge in [-0.3, -0.25) is 9.78 Å².